The predicted octanol–water partition coefficient (Wildman–Crippen LogP) is 4.51. The van der Waals surface area contributed by atoms with Crippen LogP contribution in [0.15, 0.2) is 60.7 Å². The van der Waals surface area contributed by atoms with Crippen molar-refractivity contribution in [3.63, 3.8) is 0 Å². The molecule has 0 radical (unpaired) electrons. The van der Waals surface area contributed by atoms with Gasteiger partial charge in [0.05, 0.1) is 5.69 Å². The van der Waals surface area contributed by atoms with Crippen LogP contribution in [0.2, 0.25) is 5.02 Å². The van der Waals surface area contributed by atoms with E-state index in [9.17, 15) is 0 Å². The molecule has 0 saturated carbocycles. The zero-order valence-electron chi connectivity index (χ0n) is 11.5. The molecule has 0 aliphatic carbocycles. The van der Waals surface area contributed by atoms with Crippen molar-refractivity contribution in [2.45, 2.75) is 0 Å². The molecule has 0 atom stereocenters. The highest BCUT2D eigenvalue weighted by molar-refractivity contribution is 6.30. The highest BCUT2D eigenvalue weighted by atomic mass is 35.5. The number of anilines is 1. The molecule has 2 aromatic carbocycles. The first kappa shape index (κ1) is 13.6. The summed E-state index contributed by atoms with van der Waals surface area (Å²) in [4.78, 5) is 9.17. The second-order valence-corrected chi connectivity index (χ2v) is 5.02. The Bertz CT molecular complexity index is 740. The van der Waals surface area contributed by atoms with Crippen LogP contribution < -0.4 is 5.32 Å². The Morgan fingerprint density at radius 3 is 2.24 bits per heavy atom. The van der Waals surface area contributed by atoms with Crippen molar-refractivity contribution in [3.05, 3.63) is 65.7 Å². The van der Waals surface area contributed by atoms with E-state index in [1.165, 1.54) is 0 Å². The number of nitrogens with one attached hydrogen (secondary N) is 1. The number of hydrogen-bond acceptors (Lipinski definition) is 3. The van der Waals surface area contributed by atoms with Crippen molar-refractivity contribution < 1.29 is 0 Å². The van der Waals surface area contributed by atoms with Crippen LogP contribution >= 0.6 is 11.6 Å². The van der Waals surface area contributed by atoms with Crippen molar-refractivity contribution >= 4 is 17.4 Å². The van der Waals surface area contributed by atoms with Gasteiger partial charge in [0, 0.05) is 29.3 Å². The Balaban J connectivity index is 2.11. The monoisotopic (exact) mass is 295 g/mol. The summed E-state index contributed by atoms with van der Waals surface area (Å²) in [7, 11) is 1.85. The molecule has 21 heavy (non-hydrogen) atoms. The molecule has 1 N–H and O–H groups in total. The lowest BCUT2D eigenvalue weighted by atomic mass is 10.1. The van der Waals surface area contributed by atoms with Gasteiger partial charge in [0.2, 0.25) is 0 Å². The quantitative estimate of drug-likeness (QED) is 0.773. The highest BCUT2D eigenvalue weighted by Crippen LogP contribution is 2.25. The number of hydrogen-bond donors (Lipinski definition) is 1. The lowest BCUT2D eigenvalue weighted by molar-refractivity contribution is 1.17. The number of benzene rings is 2. The van der Waals surface area contributed by atoms with Crippen LogP contribution in [0.3, 0.4) is 0 Å². The molecule has 4 heteroatoms. The largest absolute Gasteiger partial charge is 0.373 e. The lowest BCUT2D eigenvalue weighted by Crippen LogP contribution is -1.98. The third-order valence-corrected chi connectivity index (χ3v) is 3.41. The van der Waals surface area contributed by atoms with E-state index < -0.39 is 0 Å². The molecule has 0 amide bonds. The molecule has 0 unspecified atom stereocenters. The number of aromatic nitrogens is 2. The number of nitrogens with zero attached hydrogens (tertiary/aromatic N) is 2. The first-order valence-electron chi connectivity index (χ1n) is 6.64. The van der Waals surface area contributed by atoms with Crippen molar-refractivity contribution in [1.82, 2.24) is 9.97 Å². The van der Waals surface area contributed by atoms with E-state index in [1.54, 1.807) is 0 Å². The van der Waals surface area contributed by atoms with Crippen LogP contribution in [0.1, 0.15) is 0 Å². The third kappa shape index (κ3) is 3.03. The maximum absolute atomic E-state index is 5.94. The first-order chi connectivity index (χ1) is 10.3. The minimum absolute atomic E-state index is 0.701. The molecule has 0 spiro atoms. The molecule has 1 aromatic heterocycles. The van der Waals surface area contributed by atoms with Gasteiger partial charge in [-0.05, 0) is 12.1 Å². The molecular formula is C17H14ClN3. The molecule has 3 nitrogen and oxygen atoms in total. The second kappa shape index (κ2) is 5.94. The van der Waals surface area contributed by atoms with Gasteiger partial charge in [-0.25, -0.2) is 9.97 Å². The molecule has 0 saturated heterocycles. The zero-order valence-corrected chi connectivity index (χ0v) is 12.3. The van der Waals surface area contributed by atoms with E-state index in [1.807, 2.05) is 67.7 Å². The minimum atomic E-state index is 0.701. The maximum atomic E-state index is 5.94. The van der Waals surface area contributed by atoms with E-state index in [0.717, 1.165) is 22.6 Å². The summed E-state index contributed by atoms with van der Waals surface area (Å²) >= 11 is 5.94. The van der Waals surface area contributed by atoms with E-state index in [0.29, 0.717) is 10.8 Å². The minimum Gasteiger partial charge on any atom is -0.373 e. The molecule has 104 valence electrons. The van der Waals surface area contributed by atoms with Crippen LogP contribution in [-0.2, 0) is 0 Å². The molecule has 3 aromatic rings. The van der Waals surface area contributed by atoms with Crippen molar-refractivity contribution in [2.75, 3.05) is 12.4 Å². The van der Waals surface area contributed by atoms with Crippen molar-refractivity contribution in [1.29, 1.82) is 0 Å². The lowest BCUT2D eigenvalue weighted by Gasteiger charge is -2.08. The fraction of sp³-hybridized carbons (Fsp3) is 0.0588. The van der Waals surface area contributed by atoms with Gasteiger partial charge in [-0.2, -0.15) is 0 Å². The standard InChI is InChI=1S/C17H14ClN3/c1-19-16-11-15(12-7-9-14(18)10-8-12)20-17(21-16)13-5-3-2-4-6-13/h2-11H,1H3,(H,19,20,21). The summed E-state index contributed by atoms with van der Waals surface area (Å²) < 4.78 is 0. The van der Waals surface area contributed by atoms with Gasteiger partial charge >= 0.3 is 0 Å². The number of rotatable bonds is 3. The first-order valence-corrected chi connectivity index (χ1v) is 7.02. The fourth-order valence-electron chi connectivity index (χ4n) is 2.06. The average Bonchev–Trinajstić information content (AvgIpc) is 2.56. The van der Waals surface area contributed by atoms with E-state index >= 15 is 0 Å². The summed E-state index contributed by atoms with van der Waals surface area (Å²) in [6.07, 6.45) is 0. The Labute approximate surface area is 128 Å². The third-order valence-electron chi connectivity index (χ3n) is 3.15. The summed E-state index contributed by atoms with van der Waals surface area (Å²) in [5.41, 5.74) is 2.87. The molecule has 0 aliphatic rings. The topological polar surface area (TPSA) is 37.8 Å². The Kier molecular flexibility index (Phi) is 3.84. The molecule has 3 rings (SSSR count). The Hall–Kier alpha value is -2.39. The van der Waals surface area contributed by atoms with Crippen molar-refractivity contribution in [2.24, 2.45) is 0 Å². The van der Waals surface area contributed by atoms with Gasteiger partial charge in [0.25, 0.3) is 0 Å². The maximum Gasteiger partial charge on any atom is 0.162 e. The fourth-order valence-corrected chi connectivity index (χ4v) is 2.19. The molecule has 0 bridgehead atoms. The second-order valence-electron chi connectivity index (χ2n) is 4.58. The van der Waals surface area contributed by atoms with E-state index in [-0.39, 0.29) is 0 Å². The van der Waals surface area contributed by atoms with Gasteiger partial charge < -0.3 is 5.32 Å². The summed E-state index contributed by atoms with van der Waals surface area (Å²) in [5.74, 6) is 1.49. The van der Waals surface area contributed by atoms with E-state index in [4.69, 9.17) is 11.6 Å². The zero-order chi connectivity index (χ0) is 14.7. The molecule has 1 heterocycles. The summed E-state index contributed by atoms with van der Waals surface area (Å²) in [5, 5.41) is 3.79. The van der Waals surface area contributed by atoms with Crippen molar-refractivity contribution in [3.8, 4) is 22.6 Å². The SMILES string of the molecule is CNc1cc(-c2ccc(Cl)cc2)nc(-c2ccccc2)n1. The Morgan fingerprint density at radius 2 is 1.57 bits per heavy atom. The average molecular weight is 296 g/mol. The van der Waals surface area contributed by atoms with Gasteiger partial charge in [-0.15, -0.1) is 0 Å². The molecule has 0 aliphatic heterocycles. The van der Waals surface area contributed by atoms with Crippen LogP contribution in [0.5, 0.6) is 0 Å². The highest BCUT2D eigenvalue weighted by Gasteiger charge is 2.07. The number of halogens is 1. The summed E-state index contributed by atoms with van der Waals surface area (Å²) in [6.45, 7) is 0. The van der Waals surface area contributed by atoms with Crippen LogP contribution in [0, 0.1) is 0 Å². The Morgan fingerprint density at radius 1 is 0.857 bits per heavy atom. The van der Waals surface area contributed by atoms with Crippen LogP contribution in [0.25, 0.3) is 22.6 Å². The van der Waals surface area contributed by atoms with Gasteiger partial charge in [0.15, 0.2) is 5.82 Å². The molecule has 0 fully saturated rings. The summed E-state index contributed by atoms with van der Waals surface area (Å²) in [6, 6.07) is 19.5. The van der Waals surface area contributed by atoms with Crippen LogP contribution in [0.4, 0.5) is 5.82 Å². The van der Waals surface area contributed by atoms with Gasteiger partial charge in [0.1, 0.15) is 5.82 Å². The predicted molar refractivity (Wildman–Crippen MR) is 87.5 cm³/mol. The van der Waals surface area contributed by atoms with Gasteiger partial charge in [-0.1, -0.05) is 54.1 Å². The van der Waals surface area contributed by atoms with E-state index in [2.05, 4.69) is 15.3 Å². The van der Waals surface area contributed by atoms with Gasteiger partial charge in [-0.3, -0.25) is 0 Å². The molecular weight excluding hydrogens is 282 g/mol. The normalized spacial score (nSPS) is 10.4. The van der Waals surface area contributed by atoms with Crippen LogP contribution in [-0.4, -0.2) is 17.0 Å². The smallest absolute Gasteiger partial charge is 0.162 e.